The maximum Gasteiger partial charge on any atom is 0.338 e. The molecule has 0 saturated carbocycles. The van der Waals surface area contributed by atoms with Gasteiger partial charge in [0.2, 0.25) is 0 Å². The molecule has 0 spiro atoms. The van der Waals surface area contributed by atoms with Gasteiger partial charge in [0.25, 0.3) is 0 Å². The number of benzene rings is 1. The lowest BCUT2D eigenvalue weighted by atomic mass is 10.0. The molecular weight excluding hydrogens is 294 g/mol. The van der Waals surface area contributed by atoms with Crippen molar-refractivity contribution in [2.45, 2.75) is 40.7 Å². The molecule has 0 fully saturated rings. The van der Waals surface area contributed by atoms with Gasteiger partial charge in [-0.2, -0.15) is 0 Å². The summed E-state index contributed by atoms with van der Waals surface area (Å²) in [7, 11) is 0. The quantitative estimate of drug-likeness (QED) is 0.707. The van der Waals surface area contributed by atoms with Crippen LogP contribution in [-0.2, 0) is 4.74 Å². The van der Waals surface area contributed by atoms with Crippen LogP contribution in [0.5, 0.6) is 11.5 Å². The minimum Gasteiger partial charge on any atom is -0.504 e. The van der Waals surface area contributed by atoms with Gasteiger partial charge in [0.1, 0.15) is 6.61 Å². The highest BCUT2D eigenvalue weighted by molar-refractivity contribution is 5.90. The van der Waals surface area contributed by atoms with Crippen LogP contribution >= 0.6 is 0 Å². The third kappa shape index (κ3) is 5.43. The Hall–Kier alpha value is -1.75. The Morgan fingerprint density at radius 1 is 1.22 bits per heavy atom. The first-order valence-electron chi connectivity index (χ1n) is 8.31. The molecule has 1 N–H and O–H groups in total. The van der Waals surface area contributed by atoms with Gasteiger partial charge in [0.15, 0.2) is 11.5 Å². The molecule has 1 aromatic carbocycles. The molecule has 0 amide bonds. The van der Waals surface area contributed by atoms with Gasteiger partial charge in [-0.1, -0.05) is 27.7 Å². The Bertz CT molecular complexity index is 498. The smallest absolute Gasteiger partial charge is 0.338 e. The number of phenolic OH excluding ortho intramolecular Hbond substituents is 1. The summed E-state index contributed by atoms with van der Waals surface area (Å²) in [6.07, 6.45) is 0. The highest BCUT2D eigenvalue weighted by Crippen LogP contribution is 2.27. The van der Waals surface area contributed by atoms with Crippen LogP contribution in [0.3, 0.4) is 0 Å². The van der Waals surface area contributed by atoms with E-state index in [0.717, 1.165) is 13.1 Å². The maximum absolute atomic E-state index is 12.3. The number of carbonyl (C=O) groups is 1. The number of nitrogens with zero attached hydrogens (tertiary/aromatic N) is 1. The molecule has 0 saturated heterocycles. The number of phenols is 1. The largest absolute Gasteiger partial charge is 0.504 e. The van der Waals surface area contributed by atoms with Crippen molar-refractivity contribution in [1.29, 1.82) is 0 Å². The van der Waals surface area contributed by atoms with E-state index >= 15 is 0 Å². The van der Waals surface area contributed by atoms with Crippen LogP contribution in [-0.4, -0.2) is 48.3 Å². The minimum atomic E-state index is -0.399. The number of hydrogen-bond donors (Lipinski definition) is 1. The van der Waals surface area contributed by atoms with Crippen molar-refractivity contribution in [3.05, 3.63) is 23.8 Å². The van der Waals surface area contributed by atoms with Gasteiger partial charge in [0, 0.05) is 6.04 Å². The Labute approximate surface area is 139 Å². The number of aromatic hydroxyl groups is 1. The van der Waals surface area contributed by atoms with Gasteiger partial charge in [-0.3, -0.25) is 4.90 Å². The SMILES string of the molecule is CCOc1cc(C(=O)OC[C@H](C(C)C)N(CC)CC)ccc1O. The molecule has 0 aliphatic heterocycles. The van der Waals surface area contributed by atoms with Gasteiger partial charge in [0.05, 0.1) is 12.2 Å². The average Bonchev–Trinajstić information content (AvgIpc) is 2.53. The summed E-state index contributed by atoms with van der Waals surface area (Å²) in [6, 6.07) is 4.70. The van der Waals surface area contributed by atoms with E-state index in [1.165, 1.54) is 12.1 Å². The molecule has 0 radical (unpaired) electrons. The van der Waals surface area contributed by atoms with Gasteiger partial charge >= 0.3 is 5.97 Å². The molecule has 0 aliphatic carbocycles. The predicted octanol–water partition coefficient (Wildman–Crippen LogP) is 3.31. The summed E-state index contributed by atoms with van der Waals surface area (Å²) < 4.78 is 10.8. The van der Waals surface area contributed by atoms with Crippen molar-refractivity contribution in [2.24, 2.45) is 5.92 Å². The van der Waals surface area contributed by atoms with E-state index in [2.05, 4.69) is 32.6 Å². The number of hydrogen-bond acceptors (Lipinski definition) is 5. The second-order valence-corrected chi connectivity index (χ2v) is 5.75. The fraction of sp³-hybridized carbons (Fsp3) is 0.611. The summed E-state index contributed by atoms with van der Waals surface area (Å²) in [4.78, 5) is 14.6. The summed E-state index contributed by atoms with van der Waals surface area (Å²) >= 11 is 0. The van der Waals surface area contributed by atoms with E-state index in [9.17, 15) is 9.90 Å². The molecular formula is C18H29NO4. The fourth-order valence-electron chi connectivity index (χ4n) is 2.57. The molecule has 1 atom stereocenters. The highest BCUT2D eigenvalue weighted by atomic mass is 16.5. The first-order valence-corrected chi connectivity index (χ1v) is 8.31. The van der Waals surface area contributed by atoms with Crippen molar-refractivity contribution in [1.82, 2.24) is 4.90 Å². The van der Waals surface area contributed by atoms with Gasteiger partial charge < -0.3 is 14.6 Å². The molecule has 5 nitrogen and oxygen atoms in total. The van der Waals surface area contributed by atoms with E-state index in [-0.39, 0.29) is 11.8 Å². The van der Waals surface area contributed by atoms with Crippen LogP contribution in [0, 0.1) is 5.92 Å². The molecule has 5 heteroatoms. The van der Waals surface area contributed by atoms with Gasteiger partial charge in [-0.05, 0) is 44.1 Å². The van der Waals surface area contributed by atoms with Crippen molar-refractivity contribution in [3.63, 3.8) is 0 Å². The highest BCUT2D eigenvalue weighted by Gasteiger charge is 2.22. The first-order chi connectivity index (χ1) is 10.9. The molecule has 1 rings (SSSR count). The van der Waals surface area contributed by atoms with Crippen molar-refractivity contribution in [3.8, 4) is 11.5 Å². The zero-order valence-corrected chi connectivity index (χ0v) is 14.8. The molecule has 0 heterocycles. The number of esters is 1. The molecule has 23 heavy (non-hydrogen) atoms. The van der Waals surface area contributed by atoms with Crippen LogP contribution in [0.2, 0.25) is 0 Å². The van der Waals surface area contributed by atoms with E-state index in [0.29, 0.717) is 30.4 Å². The lowest BCUT2D eigenvalue weighted by molar-refractivity contribution is 0.0290. The monoisotopic (exact) mass is 323 g/mol. The van der Waals surface area contributed by atoms with E-state index in [1.54, 1.807) is 6.07 Å². The summed E-state index contributed by atoms with van der Waals surface area (Å²) in [5.41, 5.74) is 0.383. The predicted molar refractivity (Wildman–Crippen MR) is 91.1 cm³/mol. The lowest BCUT2D eigenvalue weighted by Gasteiger charge is -2.32. The normalized spacial score (nSPS) is 12.5. The van der Waals surface area contributed by atoms with Crippen molar-refractivity contribution >= 4 is 5.97 Å². The fourth-order valence-corrected chi connectivity index (χ4v) is 2.57. The minimum absolute atomic E-state index is 0.0200. The van der Waals surface area contributed by atoms with E-state index < -0.39 is 5.97 Å². The van der Waals surface area contributed by atoms with Crippen molar-refractivity contribution in [2.75, 3.05) is 26.3 Å². The maximum atomic E-state index is 12.3. The second kappa shape index (κ2) is 9.40. The van der Waals surface area contributed by atoms with Crippen molar-refractivity contribution < 1.29 is 19.4 Å². The van der Waals surface area contributed by atoms with Crippen LogP contribution in [0.15, 0.2) is 18.2 Å². The summed E-state index contributed by atoms with van der Waals surface area (Å²) in [5.74, 6) is 0.308. The van der Waals surface area contributed by atoms with Crippen LogP contribution in [0.4, 0.5) is 0 Å². The average molecular weight is 323 g/mol. The standard InChI is InChI=1S/C18H29NO4/c1-6-19(7-2)15(13(4)5)12-23-18(21)14-9-10-16(20)17(11-14)22-8-3/h9-11,13,15,20H,6-8,12H2,1-5H3/t15-/m1/s1. The third-order valence-corrected chi connectivity index (χ3v) is 3.93. The Morgan fingerprint density at radius 3 is 2.39 bits per heavy atom. The molecule has 130 valence electrons. The molecule has 0 aliphatic rings. The molecule has 1 aromatic rings. The zero-order chi connectivity index (χ0) is 17.4. The Kier molecular flexibility index (Phi) is 7.89. The summed E-state index contributed by atoms with van der Waals surface area (Å²) in [5, 5.41) is 9.69. The third-order valence-electron chi connectivity index (χ3n) is 3.93. The summed E-state index contributed by atoms with van der Waals surface area (Å²) in [6.45, 7) is 12.9. The van der Waals surface area contributed by atoms with Crippen LogP contribution in [0.25, 0.3) is 0 Å². The van der Waals surface area contributed by atoms with Gasteiger partial charge in [-0.15, -0.1) is 0 Å². The number of carbonyl (C=O) groups excluding carboxylic acids is 1. The lowest BCUT2D eigenvalue weighted by Crippen LogP contribution is -2.42. The number of rotatable bonds is 9. The zero-order valence-electron chi connectivity index (χ0n) is 14.8. The molecule has 0 unspecified atom stereocenters. The first kappa shape index (κ1) is 19.3. The Balaban J connectivity index is 2.76. The Morgan fingerprint density at radius 2 is 1.87 bits per heavy atom. The molecule has 0 aromatic heterocycles. The van der Waals surface area contributed by atoms with Gasteiger partial charge in [-0.25, -0.2) is 4.79 Å². The van der Waals surface area contributed by atoms with E-state index in [4.69, 9.17) is 9.47 Å². The van der Waals surface area contributed by atoms with Crippen LogP contribution in [0.1, 0.15) is 45.0 Å². The number of ether oxygens (including phenoxy) is 2. The second-order valence-electron chi connectivity index (χ2n) is 5.75. The van der Waals surface area contributed by atoms with E-state index in [1.807, 2.05) is 6.92 Å². The number of likely N-dealkylation sites (N-methyl/N-ethyl adjacent to an activating group) is 1. The van der Waals surface area contributed by atoms with Crippen LogP contribution < -0.4 is 4.74 Å². The topological polar surface area (TPSA) is 59.0 Å². The molecule has 0 bridgehead atoms.